The summed E-state index contributed by atoms with van der Waals surface area (Å²) in [4.78, 5) is 0. The molecule has 0 unspecified atom stereocenters. The summed E-state index contributed by atoms with van der Waals surface area (Å²) in [5, 5.41) is 0. The predicted octanol–water partition coefficient (Wildman–Crippen LogP) is 4.27. The van der Waals surface area contributed by atoms with Crippen molar-refractivity contribution in [1.29, 1.82) is 0 Å². The Morgan fingerprint density at radius 3 is 2.11 bits per heavy atom. The highest BCUT2D eigenvalue weighted by Gasteiger charge is 2.04. The van der Waals surface area contributed by atoms with Gasteiger partial charge in [0.1, 0.15) is 6.61 Å². The summed E-state index contributed by atoms with van der Waals surface area (Å²) in [6.45, 7) is 1.14. The number of rotatable bonds is 7. The minimum atomic E-state index is 0.538. The maximum Gasteiger partial charge on any atom is 0.161 e. The predicted molar refractivity (Wildman–Crippen MR) is 78.0 cm³/mol. The van der Waals surface area contributed by atoms with Gasteiger partial charge >= 0.3 is 0 Å². The molecule has 100 valence electrons. The highest BCUT2D eigenvalue weighted by molar-refractivity contribution is 6.17. The SMILES string of the molecule is ClCCCOc1ccccc1OCc1ccccc1. The van der Waals surface area contributed by atoms with Crippen LogP contribution in [0.3, 0.4) is 0 Å². The molecule has 0 N–H and O–H groups in total. The summed E-state index contributed by atoms with van der Waals surface area (Å²) in [5.74, 6) is 2.14. The van der Waals surface area contributed by atoms with Gasteiger partial charge in [-0.25, -0.2) is 0 Å². The number of para-hydroxylation sites is 2. The second-order valence-electron chi connectivity index (χ2n) is 4.11. The number of halogens is 1. The molecule has 0 saturated carbocycles. The molecule has 2 nitrogen and oxygen atoms in total. The Kier molecular flexibility index (Phi) is 5.57. The quantitative estimate of drug-likeness (QED) is 0.555. The van der Waals surface area contributed by atoms with Crippen molar-refractivity contribution < 1.29 is 9.47 Å². The van der Waals surface area contributed by atoms with Crippen LogP contribution < -0.4 is 9.47 Å². The first kappa shape index (κ1) is 13.8. The van der Waals surface area contributed by atoms with Crippen LogP contribution in [0.4, 0.5) is 0 Å². The van der Waals surface area contributed by atoms with E-state index < -0.39 is 0 Å². The molecule has 0 radical (unpaired) electrons. The fourth-order valence-corrected chi connectivity index (χ4v) is 1.77. The van der Waals surface area contributed by atoms with Crippen molar-refractivity contribution >= 4 is 11.6 Å². The molecule has 2 rings (SSSR count). The summed E-state index contributed by atoms with van der Waals surface area (Å²) in [5.41, 5.74) is 1.14. The summed E-state index contributed by atoms with van der Waals surface area (Å²) >= 11 is 5.64. The van der Waals surface area contributed by atoms with E-state index in [2.05, 4.69) is 0 Å². The molecule has 0 spiro atoms. The van der Waals surface area contributed by atoms with Crippen molar-refractivity contribution in [3.8, 4) is 11.5 Å². The van der Waals surface area contributed by atoms with Crippen LogP contribution in [0.15, 0.2) is 54.6 Å². The van der Waals surface area contributed by atoms with Gasteiger partial charge in [-0.2, -0.15) is 0 Å². The molecule has 2 aromatic carbocycles. The third-order valence-electron chi connectivity index (χ3n) is 2.62. The molecule has 0 aliphatic heterocycles. The lowest BCUT2D eigenvalue weighted by molar-refractivity contribution is 0.262. The highest BCUT2D eigenvalue weighted by Crippen LogP contribution is 2.27. The van der Waals surface area contributed by atoms with E-state index in [1.807, 2.05) is 54.6 Å². The van der Waals surface area contributed by atoms with Gasteiger partial charge in [0.25, 0.3) is 0 Å². The van der Waals surface area contributed by atoms with Crippen molar-refractivity contribution in [2.24, 2.45) is 0 Å². The van der Waals surface area contributed by atoms with Crippen LogP contribution >= 0.6 is 11.6 Å². The Hall–Kier alpha value is -1.67. The Morgan fingerprint density at radius 2 is 1.42 bits per heavy atom. The number of hydrogen-bond donors (Lipinski definition) is 0. The van der Waals surface area contributed by atoms with Gasteiger partial charge in [-0.05, 0) is 24.1 Å². The minimum Gasteiger partial charge on any atom is -0.490 e. The van der Waals surface area contributed by atoms with Gasteiger partial charge in [-0.15, -0.1) is 11.6 Å². The number of ether oxygens (including phenoxy) is 2. The van der Waals surface area contributed by atoms with Gasteiger partial charge in [-0.1, -0.05) is 42.5 Å². The maximum absolute atomic E-state index is 5.80. The lowest BCUT2D eigenvalue weighted by Crippen LogP contribution is -2.01. The zero-order valence-corrected chi connectivity index (χ0v) is 11.5. The van der Waals surface area contributed by atoms with Crippen molar-refractivity contribution in [3.63, 3.8) is 0 Å². The fourth-order valence-electron chi connectivity index (χ4n) is 1.66. The smallest absolute Gasteiger partial charge is 0.161 e. The molecular formula is C16H17ClO2. The lowest BCUT2D eigenvalue weighted by atomic mass is 10.2. The van der Waals surface area contributed by atoms with Gasteiger partial charge < -0.3 is 9.47 Å². The van der Waals surface area contributed by atoms with E-state index >= 15 is 0 Å². The van der Waals surface area contributed by atoms with E-state index in [4.69, 9.17) is 21.1 Å². The number of alkyl halides is 1. The molecular weight excluding hydrogens is 260 g/mol. The first-order valence-corrected chi connectivity index (χ1v) is 6.88. The molecule has 0 bridgehead atoms. The molecule has 0 aliphatic carbocycles. The summed E-state index contributed by atoms with van der Waals surface area (Å²) in [7, 11) is 0. The van der Waals surface area contributed by atoms with Gasteiger partial charge in [-0.3, -0.25) is 0 Å². The summed E-state index contributed by atoms with van der Waals surface area (Å²) in [6, 6.07) is 17.8. The van der Waals surface area contributed by atoms with E-state index in [0.717, 1.165) is 23.5 Å². The molecule has 0 heterocycles. The zero-order valence-electron chi connectivity index (χ0n) is 10.7. The van der Waals surface area contributed by atoms with Gasteiger partial charge in [0.05, 0.1) is 6.61 Å². The molecule has 0 saturated heterocycles. The van der Waals surface area contributed by atoms with Crippen LogP contribution in [0, 0.1) is 0 Å². The van der Waals surface area contributed by atoms with Crippen LogP contribution in [0.25, 0.3) is 0 Å². The summed E-state index contributed by atoms with van der Waals surface area (Å²) in [6.07, 6.45) is 0.828. The first-order valence-electron chi connectivity index (χ1n) is 6.34. The lowest BCUT2D eigenvalue weighted by Gasteiger charge is -2.12. The Bertz CT molecular complexity index is 485. The van der Waals surface area contributed by atoms with Gasteiger partial charge in [0, 0.05) is 5.88 Å². The van der Waals surface area contributed by atoms with Crippen LogP contribution in [-0.2, 0) is 6.61 Å². The molecule has 0 atom stereocenters. The molecule has 3 heteroatoms. The van der Waals surface area contributed by atoms with E-state index in [1.165, 1.54) is 0 Å². The second kappa shape index (κ2) is 7.70. The third kappa shape index (κ3) is 4.49. The average Bonchev–Trinajstić information content (AvgIpc) is 2.48. The second-order valence-corrected chi connectivity index (χ2v) is 4.49. The van der Waals surface area contributed by atoms with Crippen molar-refractivity contribution in [3.05, 3.63) is 60.2 Å². The van der Waals surface area contributed by atoms with E-state index in [-0.39, 0.29) is 0 Å². The normalized spacial score (nSPS) is 10.2. The van der Waals surface area contributed by atoms with E-state index in [9.17, 15) is 0 Å². The minimum absolute atomic E-state index is 0.538. The largest absolute Gasteiger partial charge is 0.490 e. The first-order chi connectivity index (χ1) is 9.40. The molecule has 0 amide bonds. The van der Waals surface area contributed by atoms with Crippen LogP contribution in [0.5, 0.6) is 11.5 Å². The molecule has 0 aromatic heterocycles. The molecule has 0 aliphatic rings. The van der Waals surface area contributed by atoms with E-state index in [0.29, 0.717) is 19.1 Å². The Balaban J connectivity index is 1.95. The zero-order chi connectivity index (χ0) is 13.3. The van der Waals surface area contributed by atoms with Crippen LogP contribution in [0.1, 0.15) is 12.0 Å². The van der Waals surface area contributed by atoms with Crippen LogP contribution in [0.2, 0.25) is 0 Å². The molecule has 19 heavy (non-hydrogen) atoms. The van der Waals surface area contributed by atoms with Crippen molar-refractivity contribution in [2.45, 2.75) is 13.0 Å². The monoisotopic (exact) mass is 276 g/mol. The standard InChI is InChI=1S/C16H17ClO2/c17-11-6-12-18-15-9-4-5-10-16(15)19-13-14-7-2-1-3-8-14/h1-5,7-10H,6,11-13H2. The fraction of sp³-hybridized carbons (Fsp3) is 0.250. The van der Waals surface area contributed by atoms with Gasteiger partial charge in [0.15, 0.2) is 11.5 Å². The number of hydrogen-bond acceptors (Lipinski definition) is 2. The average molecular weight is 277 g/mol. The number of benzene rings is 2. The van der Waals surface area contributed by atoms with E-state index in [1.54, 1.807) is 0 Å². The van der Waals surface area contributed by atoms with Gasteiger partial charge in [0.2, 0.25) is 0 Å². The van der Waals surface area contributed by atoms with Crippen molar-refractivity contribution in [1.82, 2.24) is 0 Å². The highest BCUT2D eigenvalue weighted by atomic mass is 35.5. The molecule has 2 aromatic rings. The topological polar surface area (TPSA) is 18.5 Å². The Labute approximate surface area is 118 Å². The Morgan fingerprint density at radius 1 is 0.789 bits per heavy atom. The van der Waals surface area contributed by atoms with Crippen molar-refractivity contribution in [2.75, 3.05) is 12.5 Å². The van der Waals surface area contributed by atoms with Crippen LogP contribution in [-0.4, -0.2) is 12.5 Å². The molecule has 0 fully saturated rings. The third-order valence-corrected chi connectivity index (χ3v) is 2.89. The maximum atomic E-state index is 5.80. The summed E-state index contributed by atoms with van der Waals surface area (Å²) < 4.78 is 11.5.